The highest BCUT2D eigenvalue weighted by molar-refractivity contribution is 7.00. The number of anilines is 8. The third-order valence-electron chi connectivity index (χ3n) is 18.1. The van der Waals surface area contributed by atoms with E-state index in [-0.39, 0.29) is 33.9 Å². The van der Waals surface area contributed by atoms with Crippen molar-refractivity contribution in [2.75, 3.05) is 14.7 Å². The SMILES string of the molecule is Cc1cc2c3c(c1)N(c1cccc4c1oc1ccccc14)c1cc(N4c5ccc(C(C)(C)C)cc5C5(C)CCCCC45C)ccc1B3c1ccc(C(C)(C)C)cc1N2c1ccc(C(C)(C)C)cc1-c1ccccc1. The number of rotatable bonds is 4. The second-order valence-electron chi connectivity index (χ2n) is 25.8. The molecule has 0 bridgehead atoms. The lowest BCUT2D eigenvalue weighted by molar-refractivity contribution is 0.195. The summed E-state index contributed by atoms with van der Waals surface area (Å²) in [6.45, 7) is 28.4. The van der Waals surface area contributed by atoms with Gasteiger partial charge in [-0.05, 0) is 153 Å². The first-order valence-electron chi connectivity index (χ1n) is 27.3. The second kappa shape index (κ2) is 16.0. The van der Waals surface area contributed by atoms with Gasteiger partial charge in [0, 0.05) is 55.9 Å². The molecule has 74 heavy (non-hydrogen) atoms. The summed E-state index contributed by atoms with van der Waals surface area (Å²) in [5, 5.41) is 2.26. The Kier molecular flexibility index (Phi) is 10.1. The normalized spacial score (nSPS) is 19.1. The van der Waals surface area contributed by atoms with E-state index in [0.717, 1.165) is 34.0 Å². The highest BCUT2D eigenvalue weighted by atomic mass is 16.3. The van der Waals surface area contributed by atoms with Crippen molar-refractivity contribution < 1.29 is 4.42 Å². The molecule has 1 fully saturated rings. The lowest BCUT2D eigenvalue weighted by Crippen LogP contribution is -2.61. The first-order valence-corrected chi connectivity index (χ1v) is 27.3. The molecule has 1 aromatic heterocycles. The van der Waals surface area contributed by atoms with Gasteiger partial charge in [-0.3, -0.25) is 0 Å². The van der Waals surface area contributed by atoms with Crippen molar-refractivity contribution >= 4 is 90.5 Å². The predicted octanol–water partition coefficient (Wildman–Crippen LogP) is 17.3. The molecule has 4 heterocycles. The molecule has 0 radical (unpaired) electrons. The third kappa shape index (κ3) is 6.80. The van der Waals surface area contributed by atoms with E-state index in [0.29, 0.717) is 0 Å². The van der Waals surface area contributed by atoms with Crippen LogP contribution in [0, 0.1) is 6.92 Å². The van der Waals surface area contributed by atoms with Gasteiger partial charge in [-0.25, -0.2) is 0 Å². The van der Waals surface area contributed by atoms with Gasteiger partial charge in [0.05, 0.1) is 16.9 Å². The molecule has 0 amide bonds. The summed E-state index contributed by atoms with van der Waals surface area (Å²) >= 11 is 0. The van der Waals surface area contributed by atoms with Gasteiger partial charge >= 0.3 is 0 Å². The van der Waals surface area contributed by atoms with Crippen molar-refractivity contribution in [2.24, 2.45) is 0 Å². The van der Waals surface area contributed by atoms with E-state index < -0.39 is 0 Å². The monoisotopic (exact) mass is 968 g/mol. The van der Waals surface area contributed by atoms with Crippen LogP contribution in [0.3, 0.4) is 0 Å². The number of furan rings is 1. The van der Waals surface area contributed by atoms with Gasteiger partial charge in [0.1, 0.15) is 5.58 Å². The molecule has 3 aliphatic heterocycles. The lowest BCUT2D eigenvalue weighted by Gasteiger charge is -2.50. The molecule has 0 saturated heterocycles. The van der Waals surface area contributed by atoms with Crippen LogP contribution in [0.2, 0.25) is 0 Å². The Hall–Kier alpha value is -6.98. The summed E-state index contributed by atoms with van der Waals surface area (Å²) in [5.41, 5.74) is 24.4. The summed E-state index contributed by atoms with van der Waals surface area (Å²) in [7, 11) is 0. The number of para-hydroxylation sites is 2. The van der Waals surface area contributed by atoms with Gasteiger partial charge < -0.3 is 19.1 Å². The smallest absolute Gasteiger partial charge is 0.252 e. The number of benzene rings is 8. The number of hydrogen-bond donors (Lipinski definition) is 0. The topological polar surface area (TPSA) is 22.9 Å². The minimum atomic E-state index is -0.113. The molecule has 0 spiro atoms. The standard InChI is InChI=1S/C69H70BN3O/c1-43-37-60-63-61(38-43)72(57-25-20-24-50-49-23-16-17-26-62(49)74-64(50)57)59-42-48(73-56-34-29-46(66(5,6)7)40-52(56)68(11)35-18-19-36-69(68,73)12)30-32-54(59)70(63)53-31-27-47(67(8,9)10)41-58(53)71(60)55-33-28-45(65(2,3)4)39-51(55)44-21-14-13-15-22-44/h13-17,20-34,37-42H,18-19,35-36H2,1-12H3. The minimum Gasteiger partial charge on any atom is -0.454 e. The third-order valence-corrected chi connectivity index (χ3v) is 18.1. The van der Waals surface area contributed by atoms with Crippen molar-refractivity contribution in [3.05, 3.63) is 186 Å². The molecule has 5 heteroatoms. The van der Waals surface area contributed by atoms with Gasteiger partial charge in [0.25, 0.3) is 6.71 Å². The Morgan fingerprint density at radius 2 is 1.07 bits per heavy atom. The molecule has 8 aromatic carbocycles. The van der Waals surface area contributed by atoms with E-state index in [1.807, 2.05) is 0 Å². The first-order chi connectivity index (χ1) is 35.2. The van der Waals surface area contributed by atoms with Gasteiger partial charge in [-0.1, -0.05) is 179 Å². The summed E-state index contributed by atoms with van der Waals surface area (Å²) in [4.78, 5) is 7.98. The van der Waals surface area contributed by atoms with Crippen LogP contribution in [-0.2, 0) is 21.7 Å². The number of nitrogens with zero attached hydrogens (tertiary/aromatic N) is 3. The summed E-state index contributed by atoms with van der Waals surface area (Å²) in [6, 6.07) is 60.8. The molecular weight excluding hydrogens is 898 g/mol. The van der Waals surface area contributed by atoms with Crippen LogP contribution in [0.1, 0.15) is 130 Å². The van der Waals surface area contributed by atoms with Crippen molar-refractivity contribution in [2.45, 2.75) is 136 Å². The molecule has 2 atom stereocenters. The van der Waals surface area contributed by atoms with Crippen LogP contribution < -0.4 is 31.1 Å². The van der Waals surface area contributed by atoms with E-state index in [1.165, 1.54) is 114 Å². The molecule has 4 nitrogen and oxygen atoms in total. The predicted molar refractivity (Wildman–Crippen MR) is 317 cm³/mol. The minimum absolute atomic E-state index is 0.00384. The molecular formula is C69H70BN3O. The maximum absolute atomic E-state index is 7.04. The zero-order chi connectivity index (χ0) is 51.4. The summed E-state index contributed by atoms with van der Waals surface area (Å²) in [6.07, 6.45) is 4.79. The Morgan fingerprint density at radius 3 is 1.78 bits per heavy atom. The first kappa shape index (κ1) is 46.8. The van der Waals surface area contributed by atoms with E-state index in [1.54, 1.807) is 0 Å². The van der Waals surface area contributed by atoms with Gasteiger partial charge in [0.2, 0.25) is 0 Å². The molecule has 0 N–H and O–H groups in total. The van der Waals surface area contributed by atoms with Crippen LogP contribution in [0.15, 0.2) is 162 Å². The van der Waals surface area contributed by atoms with Gasteiger partial charge in [0.15, 0.2) is 5.58 Å². The summed E-state index contributed by atoms with van der Waals surface area (Å²) in [5.74, 6) is 0. The van der Waals surface area contributed by atoms with E-state index in [4.69, 9.17) is 4.42 Å². The number of aryl methyl sites for hydroxylation is 1. The van der Waals surface area contributed by atoms with Crippen LogP contribution in [0.4, 0.5) is 45.5 Å². The summed E-state index contributed by atoms with van der Waals surface area (Å²) < 4.78 is 7.04. The average Bonchev–Trinajstić information content (AvgIpc) is 3.85. The maximum Gasteiger partial charge on any atom is 0.252 e. The Morgan fingerprint density at radius 1 is 0.486 bits per heavy atom. The fourth-order valence-electron chi connectivity index (χ4n) is 13.8. The van der Waals surface area contributed by atoms with Crippen molar-refractivity contribution in [1.82, 2.24) is 0 Å². The van der Waals surface area contributed by atoms with E-state index in [9.17, 15) is 0 Å². The largest absolute Gasteiger partial charge is 0.454 e. The van der Waals surface area contributed by atoms with Crippen LogP contribution >= 0.6 is 0 Å². The molecule has 13 rings (SSSR count). The molecule has 1 aliphatic carbocycles. The van der Waals surface area contributed by atoms with Crippen LogP contribution in [0.5, 0.6) is 0 Å². The zero-order valence-electron chi connectivity index (χ0n) is 45.7. The van der Waals surface area contributed by atoms with Crippen LogP contribution in [0.25, 0.3) is 33.1 Å². The van der Waals surface area contributed by atoms with Crippen LogP contribution in [-0.4, -0.2) is 12.3 Å². The van der Waals surface area contributed by atoms with Crippen molar-refractivity contribution in [3.8, 4) is 11.1 Å². The fourth-order valence-corrected chi connectivity index (χ4v) is 13.8. The molecule has 2 unspecified atom stereocenters. The number of hydrogen-bond acceptors (Lipinski definition) is 4. The second-order valence-corrected chi connectivity index (χ2v) is 25.8. The van der Waals surface area contributed by atoms with Crippen molar-refractivity contribution in [1.29, 1.82) is 0 Å². The highest BCUT2D eigenvalue weighted by Gasteiger charge is 2.58. The Labute approximate surface area is 440 Å². The van der Waals surface area contributed by atoms with Gasteiger partial charge in [-0.2, -0.15) is 0 Å². The van der Waals surface area contributed by atoms with E-state index in [2.05, 4.69) is 256 Å². The van der Waals surface area contributed by atoms with Gasteiger partial charge in [-0.15, -0.1) is 0 Å². The quantitative estimate of drug-likeness (QED) is 0.164. The Bertz CT molecular complexity index is 3770. The molecule has 370 valence electrons. The maximum atomic E-state index is 7.04. The molecule has 1 saturated carbocycles. The molecule has 4 aliphatic rings. The van der Waals surface area contributed by atoms with E-state index >= 15 is 0 Å². The zero-order valence-corrected chi connectivity index (χ0v) is 45.7. The molecule has 9 aromatic rings. The fraction of sp³-hybridized carbons (Fsp3) is 0.304. The lowest BCUT2D eigenvalue weighted by atomic mass is 9.33. The van der Waals surface area contributed by atoms with Crippen molar-refractivity contribution in [3.63, 3.8) is 0 Å². The number of fused-ring (bicyclic) bond motifs is 10. The average molecular weight is 968 g/mol. The Balaban J connectivity index is 1.12. The highest BCUT2D eigenvalue weighted by Crippen LogP contribution is 2.62.